The predicted octanol–water partition coefficient (Wildman–Crippen LogP) is 5.14. The lowest BCUT2D eigenvalue weighted by molar-refractivity contribution is -0.154. The van der Waals surface area contributed by atoms with Gasteiger partial charge < -0.3 is 14.8 Å². The van der Waals surface area contributed by atoms with E-state index >= 15 is 0 Å². The van der Waals surface area contributed by atoms with Crippen LogP contribution in [0.3, 0.4) is 0 Å². The molecule has 30 heavy (non-hydrogen) atoms. The lowest BCUT2D eigenvalue weighted by Gasteiger charge is -2.51. The molecule has 1 aromatic carbocycles. The summed E-state index contributed by atoms with van der Waals surface area (Å²) in [5.41, 5.74) is 1.35. The van der Waals surface area contributed by atoms with E-state index in [0.29, 0.717) is 32.4 Å². The van der Waals surface area contributed by atoms with Crippen LogP contribution in [0, 0.1) is 24.7 Å². The summed E-state index contributed by atoms with van der Waals surface area (Å²) in [7, 11) is 1.52. The minimum absolute atomic E-state index is 0.0900. The number of esters is 1. The zero-order valence-electron chi connectivity index (χ0n) is 17.4. The maximum Gasteiger partial charge on any atom is 0.309 e. The largest absolute Gasteiger partial charge is 0.495 e. The van der Waals surface area contributed by atoms with Crippen LogP contribution in [-0.2, 0) is 14.3 Å². The molecule has 2 atom stereocenters. The summed E-state index contributed by atoms with van der Waals surface area (Å²) in [6, 6.07) is 3.41. The number of rotatable bonds is 5. The smallest absolute Gasteiger partial charge is 0.309 e. The Balaban J connectivity index is 1.33. The van der Waals surface area contributed by atoms with Gasteiger partial charge in [-0.3, -0.25) is 9.59 Å². The molecule has 1 saturated heterocycles. The Hall–Kier alpha value is -1.05. The van der Waals surface area contributed by atoms with Gasteiger partial charge in [0.1, 0.15) is 5.75 Å². The number of ether oxygens (including phenoxy) is 2. The number of benzene rings is 1. The van der Waals surface area contributed by atoms with Crippen molar-refractivity contribution >= 4 is 52.7 Å². The predicted molar refractivity (Wildman–Crippen MR) is 124 cm³/mol. The Kier molecular flexibility index (Phi) is 6.80. The molecule has 5 nitrogen and oxygen atoms in total. The number of amides is 1. The molecule has 2 aliphatic carbocycles. The Morgan fingerprint density at radius 2 is 1.87 bits per heavy atom. The number of hydrogen-bond acceptors (Lipinski definition) is 6. The van der Waals surface area contributed by atoms with Crippen molar-refractivity contribution in [3.05, 3.63) is 22.7 Å². The van der Waals surface area contributed by atoms with Crippen LogP contribution in [0.5, 0.6) is 5.75 Å². The number of methoxy groups -OCH3 is 1. The van der Waals surface area contributed by atoms with Crippen molar-refractivity contribution in [3.8, 4) is 5.75 Å². The monoisotopic (exact) mass is 469 g/mol. The van der Waals surface area contributed by atoms with Crippen molar-refractivity contribution in [2.24, 2.45) is 17.8 Å². The van der Waals surface area contributed by atoms with E-state index in [4.69, 9.17) is 21.1 Å². The summed E-state index contributed by atoms with van der Waals surface area (Å²) in [5, 5.41) is 3.33. The van der Waals surface area contributed by atoms with E-state index in [1.807, 2.05) is 6.92 Å². The SMILES string of the molecule is COc1cc(Cl)c(C)cc1NC(=O)COC(=O)C1CC2CCCC(C1)C21SCCS1. The van der Waals surface area contributed by atoms with Crippen molar-refractivity contribution in [2.75, 3.05) is 30.5 Å². The maximum atomic E-state index is 12.8. The van der Waals surface area contributed by atoms with Crippen molar-refractivity contribution in [2.45, 2.75) is 43.1 Å². The van der Waals surface area contributed by atoms with E-state index in [2.05, 4.69) is 28.8 Å². The van der Waals surface area contributed by atoms with Crippen molar-refractivity contribution in [3.63, 3.8) is 0 Å². The first-order chi connectivity index (χ1) is 14.4. The van der Waals surface area contributed by atoms with Gasteiger partial charge in [-0.2, -0.15) is 0 Å². The van der Waals surface area contributed by atoms with E-state index < -0.39 is 0 Å². The number of hydrogen-bond donors (Lipinski definition) is 1. The average molecular weight is 470 g/mol. The third kappa shape index (κ3) is 4.30. The van der Waals surface area contributed by atoms with Crippen LogP contribution in [0.1, 0.15) is 37.7 Å². The molecule has 4 rings (SSSR count). The van der Waals surface area contributed by atoms with Gasteiger partial charge >= 0.3 is 5.97 Å². The Labute approximate surface area is 191 Å². The van der Waals surface area contributed by atoms with Crippen LogP contribution < -0.4 is 10.1 Å². The first-order valence-corrected chi connectivity index (χ1v) is 12.9. The van der Waals surface area contributed by atoms with E-state index in [-0.39, 0.29) is 24.4 Å². The molecule has 3 aliphatic rings. The molecule has 0 radical (unpaired) electrons. The Morgan fingerprint density at radius 1 is 1.20 bits per heavy atom. The molecular weight excluding hydrogens is 442 g/mol. The highest BCUT2D eigenvalue weighted by Crippen LogP contribution is 2.64. The molecule has 3 fully saturated rings. The third-order valence-electron chi connectivity index (χ3n) is 6.55. The first kappa shape index (κ1) is 22.2. The number of carbonyl (C=O) groups excluding carboxylic acids is 2. The molecule has 2 saturated carbocycles. The zero-order chi connectivity index (χ0) is 21.3. The molecule has 1 heterocycles. The second kappa shape index (κ2) is 9.21. The molecule has 2 unspecified atom stereocenters. The number of nitrogens with one attached hydrogen (secondary N) is 1. The normalized spacial score (nSPS) is 27.0. The van der Waals surface area contributed by atoms with Gasteiger partial charge in [-0.1, -0.05) is 18.0 Å². The molecule has 8 heteroatoms. The molecule has 1 amide bonds. The second-order valence-corrected chi connectivity index (χ2v) is 11.8. The molecule has 1 spiro atoms. The number of halogens is 1. The topological polar surface area (TPSA) is 64.6 Å². The molecule has 1 N–H and O–H groups in total. The fourth-order valence-electron chi connectivity index (χ4n) is 5.17. The van der Waals surface area contributed by atoms with Gasteiger partial charge in [0, 0.05) is 22.6 Å². The zero-order valence-corrected chi connectivity index (χ0v) is 19.8. The van der Waals surface area contributed by atoms with Crippen molar-refractivity contribution in [1.29, 1.82) is 0 Å². The van der Waals surface area contributed by atoms with Crippen LogP contribution in [-0.4, -0.2) is 41.2 Å². The lowest BCUT2D eigenvalue weighted by atomic mass is 9.67. The summed E-state index contributed by atoms with van der Waals surface area (Å²) >= 11 is 10.4. The highest BCUT2D eigenvalue weighted by Gasteiger charge is 2.55. The van der Waals surface area contributed by atoms with Gasteiger partial charge in [-0.25, -0.2) is 0 Å². The summed E-state index contributed by atoms with van der Waals surface area (Å²) in [6.07, 6.45) is 5.46. The van der Waals surface area contributed by atoms with Crippen molar-refractivity contribution < 1.29 is 19.1 Å². The van der Waals surface area contributed by atoms with Gasteiger partial charge in [0.25, 0.3) is 5.91 Å². The number of aryl methyl sites for hydroxylation is 1. The van der Waals surface area contributed by atoms with Gasteiger partial charge in [-0.15, -0.1) is 23.5 Å². The van der Waals surface area contributed by atoms with Gasteiger partial charge in [-0.05, 0) is 56.1 Å². The standard InChI is InChI=1S/C22H28ClNO4S2/c1-13-8-18(19(27-2)11-17(13)23)24-20(25)12-28-21(26)14-9-15-4-3-5-16(10-14)22(15)29-6-7-30-22/h8,11,14-16H,3-7,9-10,12H2,1-2H3,(H,24,25). The summed E-state index contributed by atoms with van der Waals surface area (Å²) < 4.78 is 11.0. The van der Waals surface area contributed by atoms with Crippen LogP contribution in [0.4, 0.5) is 5.69 Å². The molecule has 0 aromatic heterocycles. The van der Waals surface area contributed by atoms with E-state index in [1.54, 1.807) is 12.1 Å². The minimum Gasteiger partial charge on any atom is -0.495 e. The molecule has 1 aromatic rings. The van der Waals surface area contributed by atoms with Crippen LogP contribution in [0.25, 0.3) is 0 Å². The van der Waals surface area contributed by atoms with Crippen LogP contribution in [0.2, 0.25) is 5.02 Å². The summed E-state index contributed by atoms with van der Waals surface area (Å²) in [5.74, 6) is 3.38. The van der Waals surface area contributed by atoms with Crippen LogP contribution in [0.15, 0.2) is 12.1 Å². The number of anilines is 1. The van der Waals surface area contributed by atoms with E-state index in [1.165, 1.54) is 37.9 Å². The van der Waals surface area contributed by atoms with Gasteiger partial charge in [0.05, 0.1) is 22.8 Å². The third-order valence-corrected chi connectivity index (χ3v) is 11.0. The van der Waals surface area contributed by atoms with Gasteiger partial charge in [0.2, 0.25) is 0 Å². The molecular formula is C22H28ClNO4S2. The van der Waals surface area contributed by atoms with Gasteiger partial charge in [0.15, 0.2) is 6.61 Å². The van der Waals surface area contributed by atoms with Crippen molar-refractivity contribution in [1.82, 2.24) is 0 Å². The molecule has 2 bridgehead atoms. The quantitative estimate of drug-likeness (QED) is 0.602. The summed E-state index contributed by atoms with van der Waals surface area (Å²) in [4.78, 5) is 25.1. The fourth-order valence-corrected chi connectivity index (χ4v) is 9.26. The maximum absolute atomic E-state index is 12.8. The number of thioether (sulfide) groups is 2. The van der Waals surface area contributed by atoms with Crippen LogP contribution >= 0.6 is 35.1 Å². The highest BCUT2D eigenvalue weighted by molar-refractivity contribution is 8.21. The minimum atomic E-state index is -0.377. The number of carbonyl (C=O) groups is 2. The van der Waals surface area contributed by atoms with E-state index in [0.717, 1.165) is 18.4 Å². The Morgan fingerprint density at radius 3 is 2.50 bits per heavy atom. The fraction of sp³-hybridized carbons (Fsp3) is 0.636. The average Bonchev–Trinajstić information content (AvgIpc) is 3.18. The lowest BCUT2D eigenvalue weighted by Crippen LogP contribution is -2.48. The second-order valence-electron chi connectivity index (χ2n) is 8.37. The summed E-state index contributed by atoms with van der Waals surface area (Å²) in [6.45, 7) is 1.56. The van der Waals surface area contributed by atoms with E-state index in [9.17, 15) is 9.59 Å². The highest BCUT2D eigenvalue weighted by atomic mass is 35.5. The Bertz CT molecular complexity index is 812. The first-order valence-electron chi connectivity index (χ1n) is 10.5. The molecule has 164 valence electrons. The molecule has 1 aliphatic heterocycles.